The monoisotopic (exact) mass is 572 g/mol. The molecule has 1 fully saturated rings. The van der Waals surface area contributed by atoms with E-state index in [2.05, 4.69) is 67.6 Å². The first-order valence-corrected chi connectivity index (χ1v) is 14.9. The lowest BCUT2D eigenvalue weighted by molar-refractivity contribution is -0.00730. The molecule has 8 heteroatoms. The van der Waals surface area contributed by atoms with E-state index in [0.29, 0.717) is 13.1 Å². The van der Waals surface area contributed by atoms with Gasteiger partial charge in [0.05, 0.1) is 11.3 Å². The Labute approximate surface area is 251 Å². The van der Waals surface area contributed by atoms with Gasteiger partial charge < -0.3 is 20.3 Å². The molecule has 43 heavy (non-hydrogen) atoms. The molecule has 218 valence electrons. The van der Waals surface area contributed by atoms with Gasteiger partial charge in [0.1, 0.15) is 12.0 Å². The summed E-state index contributed by atoms with van der Waals surface area (Å²) in [7, 11) is 0. The quantitative estimate of drug-likeness (QED) is 0.224. The lowest BCUT2D eigenvalue weighted by Crippen LogP contribution is -2.41. The van der Waals surface area contributed by atoms with Crippen molar-refractivity contribution in [3.63, 3.8) is 0 Å². The number of hydrogen-bond donors (Lipinski definition) is 3. The Morgan fingerprint density at radius 3 is 2.42 bits per heavy atom. The van der Waals surface area contributed by atoms with E-state index in [1.165, 1.54) is 16.7 Å². The van der Waals surface area contributed by atoms with E-state index in [1.54, 1.807) is 6.33 Å². The summed E-state index contributed by atoms with van der Waals surface area (Å²) < 4.78 is 0. The van der Waals surface area contributed by atoms with Gasteiger partial charge in [0.15, 0.2) is 0 Å². The normalized spacial score (nSPS) is 16.4. The average molecular weight is 573 g/mol. The van der Waals surface area contributed by atoms with Gasteiger partial charge in [-0.3, -0.25) is 4.90 Å². The van der Waals surface area contributed by atoms with Crippen LogP contribution in [0.2, 0.25) is 0 Å². The second-order valence-electron chi connectivity index (χ2n) is 12.2. The first-order chi connectivity index (χ1) is 20.8. The number of rotatable bonds is 5. The number of nitrogens with one attached hydrogen (secondary N) is 2. The predicted molar refractivity (Wildman–Crippen MR) is 169 cm³/mol. The molecule has 0 aliphatic carbocycles. The number of carbonyl (C=O) groups is 1. The van der Waals surface area contributed by atoms with Gasteiger partial charge in [-0.2, -0.15) is 0 Å². The highest BCUT2D eigenvalue weighted by Crippen LogP contribution is 2.34. The van der Waals surface area contributed by atoms with Crippen LogP contribution in [0.5, 0.6) is 0 Å². The van der Waals surface area contributed by atoms with Crippen molar-refractivity contribution in [2.24, 2.45) is 0 Å². The fourth-order valence-corrected chi connectivity index (χ4v) is 6.25. The summed E-state index contributed by atoms with van der Waals surface area (Å²) in [4.78, 5) is 30.1. The third-order valence-corrected chi connectivity index (χ3v) is 8.99. The fraction of sp³-hybridized carbons (Fsp3) is 0.286. The lowest BCUT2D eigenvalue weighted by atomic mass is 9.93. The number of fused-ring (bicyclic) bond motifs is 2. The Hall–Kier alpha value is -4.53. The van der Waals surface area contributed by atoms with Crippen molar-refractivity contribution < 1.29 is 9.90 Å². The Kier molecular flexibility index (Phi) is 6.95. The van der Waals surface area contributed by atoms with E-state index >= 15 is 0 Å². The summed E-state index contributed by atoms with van der Waals surface area (Å²) in [6.07, 6.45) is 3.21. The zero-order valence-corrected chi connectivity index (χ0v) is 24.6. The van der Waals surface area contributed by atoms with Crippen LogP contribution in [0.25, 0.3) is 33.5 Å². The Balaban J connectivity index is 1.10. The molecule has 2 amide bonds. The summed E-state index contributed by atoms with van der Waals surface area (Å²) in [6, 6.07) is 24.8. The van der Waals surface area contributed by atoms with Gasteiger partial charge in [-0.15, -0.1) is 0 Å². The van der Waals surface area contributed by atoms with Crippen molar-refractivity contribution in [2.75, 3.05) is 18.4 Å². The standard InChI is InChI=1S/C35H36N6O2/c1-23-28(8-5-9-30(23)39-34(42)41-20-26-6-3-4-7-27(26)21-41)32-29-18-31(38-33(29)37-22-36-32)25-12-10-24(11-13-25)19-40-16-14-35(2,43)15-17-40/h3-13,18,22,43H,14-17,19-21H2,1-2H3,(H,39,42)(H,36,37,38). The molecule has 0 spiro atoms. The molecule has 8 nitrogen and oxygen atoms in total. The molecule has 7 rings (SSSR count). The number of anilines is 1. The lowest BCUT2D eigenvalue weighted by Gasteiger charge is -2.35. The summed E-state index contributed by atoms with van der Waals surface area (Å²) in [5.74, 6) is 0. The molecular weight excluding hydrogens is 536 g/mol. The van der Waals surface area contributed by atoms with Gasteiger partial charge >= 0.3 is 6.03 Å². The number of H-pyrrole nitrogens is 1. The molecule has 0 radical (unpaired) electrons. The number of aromatic nitrogens is 3. The molecule has 2 aliphatic rings. The van der Waals surface area contributed by atoms with E-state index in [0.717, 1.165) is 77.3 Å². The van der Waals surface area contributed by atoms with Crippen LogP contribution in [0, 0.1) is 6.92 Å². The third-order valence-electron chi connectivity index (χ3n) is 8.99. The molecule has 3 aromatic carbocycles. The molecule has 2 aliphatic heterocycles. The minimum Gasteiger partial charge on any atom is -0.390 e. The molecule has 0 atom stereocenters. The zero-order chi connectivity index (χ0) is 29.6. The zero-order valence-electron chi connectivity index (χ0n) is 24.6. The number of amides is 2. The third kappa shape index (κ3) is 5.51. The molecule has 5 aromatic rings. The van der Waals surface area contributed by atoms with Crippen LogP contribution >= 0.6 is 0 Å². The highest BCUT2D eigenvalue weighted by molar-refractivity contribution is 5.97. The van der Waals surface area contributed by atoms with Crippen LogP contribution in [0.15, 0.2) is 79.1 Å². The summed E-state index contributed by atoms with van der Waals surface area (Å²) in [5.41, 5.74) is 9.46. The molecule has 4 heterocycles. The molecular formula is C35H36N6O2. The molecule has 3 N–H and O–H groups in total. The first kappa shape index (κ1) is 27.3. The number of carbonyl (C=O) groups excluding carboxylic acids is 1. The first-order valence-electron chi connectivity index (χ1n) is 14.9. The van der Waals surface area contributed by atoms with Gasteiger partial charge in [-0.1, -0.05) is 60.7 Å². The molecule has 0 bridgehead atoms. The van der Waals surface area contributed by atoms with Gasteiger partial charge in [0.2, 0.25) is 0 Å². The van der Waals surface area contributed by atoms with Crippen molar-refractivity contribution >= 4 is 22.8 Å². The van der Waals surface area contributed by atoms with Crippen LogP contribution in [-0.4, -0.2) is 54.6 Å². The largest absolute Gasteiger partial charge is 0.390 e. The van der Waals surface area contributed by atoms with Crippen molar-refractivity contribution in [2.45, 2.75) is 51.9 Å². The van der Waals surface area contributed by atoms with E-state index in [9.17, 15) is 9.90 Å². The van der Waals surface area contributed by atoms with Crippen LogP contribution < -0.4 is 5.32 Å². The number of urea groups is 1. The molecule has 0 saturated carbocycles. The minimum atomic E-state index is -0.535. The summed E-state index contributed by atoms with van der Waals surface area (Å²) in [6.45, 7) is 7.89. The Morgan fingerprint density at radius 1 is 0.977 bits per heavy atom. The number of benzene rings is 3. The van der Waals surface area contributed by atoms with Gasteiger partial charge in [0, 0.05) is 55.1 Å². The summed E-state index contributed by atoms with van der Waals surface area (Å²) >= 11 is 0. The highest BCUT2D eigenvalue weighted by atomic mass is 16.3. The maximum absolute atomic E-state index is 13.2. The Bertz CT molecular complexity index is 1770. The van der Waals surface area contributed by atoms with Crippen LogP contribution in [0.1, 0.15) is 42.0 Å². The number of aromatic amines is 1. The number of likely N-dealkylation sites (tertiary alicyclic amines) is 1. The predicted octanol–water partition coefficient (Wildman–Crippen LogP) is 6.49. The Morgan fingerprint density at radius 2 is 1.70 bits per heavy atom. The maximum atomic E-state index is 13.2. The smallest absolute Gasteiger partial charge is 0.322 e. The van der Waals surface area contributed by atoms with Crippen LogP contribution in [-0.2, 0) is 19.6 Å². The van der Waals surface area contributed by atoms with E-state index < -0.39 is 5.60 Å². The van der Waals surface area contributed by atoms with Crippen LogP contribution in [0.3, 0.4) is 0 Å². The SMILES string of the molecule is Cc1c(NC(=O)N2Cc3ccccc3C2)cccc1-c1ncnc2[nH]c(-c3ccc(CN4CCC(C)(O)CC4)cc3)cc12. The average Bonchev–Trinajstić information content (AvgIpc) is 3.65. The second kappa shape index (κ2) is 10.9. The van der Waals surface area contributed by atoms with Crippen LogP contribution in [0.4, 0.5) is 10.5 Å². The molecule has 2 aromatic heterocycles. The van der Waals surface area contributed by atoms with Gasteiger partial charge in [-0.25, -0.2) is 14.8 Å². The second-order valence-corrected chi connectivity index (χ2v) is 12.2. The van der Waals surface area contributed by atoms with Crippen molar-refractivity contribution in [3.8, 4) is 22.5 Å². The van der Waals surface area contributed by atoms with E-state index in [1.807, 2.05) is 49.1 Å². The van der Waals surface area contributed by atoms with Crippen molar-refractivity contribution in [3.05, 3.63) is 101 Å². The topological polar surface area (TPSA) is 97.4 Å². The van der Waals surface area contributed by atoms with E-state index in [4.69, 9.17) is 0 Å². The molecule has 0 unspecified atom stereocenters. The highest BCUT2D eigenvalue weighted by Gasteiger charge is 2.27. The number of nitrogens with zero attached hydrogens (tertiary/aromatic N) is 4. The number of hydrogen-bond acceptors (Lipinski definition) is 5. The van der Waals surface area contributed by atoms with E-state index in [-0.39, 0.29) is 6.03 Å². The number of piperidine rings is 1. The number of aliphatic hydroxyl groups is 1. The maximum Gasteiger partial charge on any atom is 0.322 e. The van der Waals surface area contributed by atoms with Gasteiger partial charge in [0.25, 0.3) is 0 Å². The van der Waals surface area contributed by atoms with Gasteiger partial charge in [-0.05, 0) is 66.6 Å². The van der Waals surface area contributed by atoms with Crippen molar-refractivity contribution in [1.82, 2.24) is 24.8 Å². The molecule has 1 saturated heterocycles. The van der Waals surface area contributed by atoms with Crippen molar-refractivity contribution in [1.29, 1.82) is 0 Å². The minimum absolute atomic E-state index is 0.108. The summed E-state index contributed by atoms with van der Waals surface area (Å²) in [5, 5.41) is 14.3. The fourth-order valence-electron chi connectivity index (χ4n) is 6.25.